The first kappa shape index (κ1) is 15.1. The maximum Gasteiger partial charge on any atom is 0.410 e. The molecule has 0 aromatic rings. The van der Waals surface area contributed by atoms with E-state index in [2.05, 4.69) is 0 Å². The van der Waals surface area contributed by atoms with E-state index in [9.17, 15) is 14.7 Å². The van der Waals surface area contributed by atoms with E-state index in [1.165, 1.54) is 11.3 Å². The number of ether oxygens (including phenoxy) is 2. The summed E-state index contributed by atoms with van der Waals surface area (Å²) in [6.07, 6.45) is 4.48. The molecule has 0 aromatic heterocycles. The van der Waals surface area contributed by atoms with Crippen molar-refractivity contribution in [3.05, 3.63) is 0 Å². The Bertz CT molecular complexity index is 334. The number of amides is 1. The molecule has 2 fully saturated rings. The van der Waals surface area contributed by atoms with E-state index in [1.807, 2.05) is 0 Å². The monoisotopic (exact) mass is 285 g/mol. The van der Waals surface area contributed by atoms with Crippen molar-refractivity contribution in [3.63, 3.8) is 0 Å². The van der Waals surface area contributed by atoms with E-state index in [0.29, 0.717) is 38.6 Å². The summed E-state index contributed by atoms with van der Waals surface area (Å²) in [5.74, 6) is -0.681. The van der Waals surface area contributed by atoms with Gasteiger partial charge in [-0.15, -0.1) is 0 Å². The Morgan fingerprint density at radius 2 is 1.85 bits per heavy atom. The first-order valence-corrected chi connectivity index (χ1v) is 7.43. The van der Waals surface area contributed by atoms with Gasteiger partial charge in [-0.2, -0.15) is 0 Å². The van der Waals surface area contributed by atoms with Crippen LogP contribution in [0.3, 0.4) is 0 Å². The Labute approximate surface area is 119 Å². The van der Waals surface area contributed by atoms with Crippen LogP contribution in [0.5, 0.6) is 0 Å². The number of carbonyl (C=O) groups excluding carboxylic acids is 1. The van der Waals surface area contributed by atoms with Crippen LogP contribution in [0.2, 0.25) is 0 Å². The second-order valence-corrected chi connectivity index (χ2v) is 5.55. The molecule has 0 spiro atoms. The Morgan fingerprint density at radius 1 is 1.20 bits per heavy atom. The highest BCUT2D eigenvalue weighted by molar-refractivity contribution is 5.77. The van der Waals surface area contributed by atoms with Crippen molar-refractivity contribution >= 4 is 12.1 Å². The lowest BCUT2D eigenvalue weighted by atomic mass is 9.85. The fourth-order valence-electron chi connectivity index (χ4n) is 2.87. The van der Waals surface area contributed by atoms with Crippen LogP contribution in [0.1, 0.15) is 38.5 Å². The summed E-state index contributed by atoms with van der Waals surface area (Å²) in [5.41, 5.74) is 0. The summed E-state index contributed by atoms with van der Waals surface area (Å²) in [6.45, 7) is 1.90. The summed E-state index contributed by atoms with van der Waals surface area (Å²) < 4.78 is 10.3. The molecule has 1 aliphatic carbocycles. The maximum absolute atomic E-state index is 11.9. The minimum absolute atomic E-state index is 0.363. The highest BCUT2D eigenvalue weighted by Crippen LogP contribution is 2.28. The van der Waals surface area contributed by atoms with Gasteiger partial charge < -0.3 is 19.5 Å². The molecule has 1 unspecified atom stereocenters. The summed E-state index contributed by atoms with van der Waals surface area (Å²) in [7, 11) is 0. The highest BCUT2D eigenvalue weighted by atomic mass is 16.6. The number of carboxylic acid groups (broad SMARTS) is 1. The molecule has 6 nitrogen and oxygen atoms in total. The molecule has 0 aromatic carbocycles. The molecule has 1 saturated carbocycles. The van der Waals surface area contributed by atoms with Gasteiger partial charge in [-0.3, -0.25) is 0 Å². The third kappa shape index (κ3) is 4.37. The fraction of sp³-hybridized carbons (Fsp3) is 0.857. The number of aliphatic carboxylic acids is 1. The van der Waals surface area contributed by atoms with E-state index in [0.717, 1.165) is 25.7 Å². The molecule has 2 rings (SSSR count). The molecule has 20 heavy (non-hydrogen) atoms. The van der Waals surface area contributed by atoms with Crippen LogP contribution in [0.4, 0.5) is 4.79 Å². The van der Waals surface area contributed by atoms with Crippen molar-refractivity contribution in [1.82, 2.24) is 4.90 Å². The van der Waals surface area contributed by atoms with Gasteiger partial charge in [0.1, 0.15) is 0 Å². The predicted molar refractivity (Wildman–Crippen MR) is 71.5 cm³/mol. The molecule has 1 N–H and O–H groups in total. The van der Waals surface area contributed by atoms with Gasteiger partial charge in [-0.05, 0) is 12.3 Å². The van der Waals surface area contributed by atoms with E-state index >= 15 is 0 Å². The zero-order chi connectivity index (χ0) is 14.4. The zero-order valence-corrected chi connectivity index (χ0v) is 11.8. The normalized spacial score (nSPS) is 22.3. The first-order valence-electron chi connectivity index (χ1n) is 7.43. The maximum atomic E-state index is 11.9. The van der Waals surface area contributed by atoms with Crippen LogP contribution in [0, 0.1) is 5.92 Å². The quantitative estimate of drug-likeness (QED) is 0.853. The molecular formula is C14H23NO5. The SMILES string of the molecule is O=C(O)C(CC1CCCCC1)OC(=O)N1CCOCC1. The number of morpholine rings is 1. The van der Waals surface area contributed by atoms with Crippen LogP contribution in [0.15, 0.2) is 0 Å². The summed E-state index contributed by atoms with van der Waals surface area (Å²) in [5, 5.41) is 9.23. The van der Waals surface area contributed by atoms with Gasteiger partial charge in [0.15, 0.2) is 0 Å². The second-order valence-electron chi connectivity index (χ2n) is 5.55. The molecule has 1 saturated heterocycles. The molecule has 1 atom stereocenters. The molecule has 0 radical (unpaired) electrons. The average Bonchev–Trinajstić information content (AvgIpc) is 2.48. The van der Waals surface area contributed by atoms with E-state index in [-0.39, 0.29) is 0 Å². The van der Waals surface area contributed by atoms with E-state index in [1.54, 1.807) is 0 Å². The predicted octanol–water partition coefficient (Wildman–Crippen LogP) is 1.88. The van der Waals surface area contributed by atoms with Crippen molar-refractivity contribution in [2.75, 3.05) is 26.3 Å². The average molecular weight is 285 g/mol. The van der Waals surface area contributed by atoms with Crippen LogP contribution in [0.25, 0.3) is 0 Å². The number of nitrogens with zero attached hydrogens (tertiary/aromatic N) is 1. The molecule has 1 heterocycles. The minimum atomic E-state index is -1.04. The third-order valence-corrected chi connectivity index (χ3v) is 4.06. The van der Waals surface area contributed by atoms with Gasteiger partial charge in [0, 0.05) is 13.1 Å². The Kier molecular flexibility index (Phi) is 5.64. The summed E-state index contributed by atoms with van der Waals surface area (Å²) in [4.78, 5) is 24.7. The summed E-state index contributed by atoms with van der Waals surface area (Å²) in [6, 6.07) is 0. The standard InChI is InChI=1S/C14H23NO5/c16-13(17)12(10-11-4-2-1-3-5-11)20-14(18)15-6-8-19-9-7-15/h11-12H,1-10H2,(H,16,17). The molecule has 0 bridgehead atoms. The van der Waals surface area contributed by atoms with Crippen molar-refractivity contribution in [2.24, 2.45) is 5.92 Å². The zero-order valence-electron chi connectivity index (χ0n) is 11.8. The second kappa shape index (κ2) is 7.47. The lowest BCUT2D eigenvalue weighted by molar-refractivity contribution is -0.148. The molecular weight excluding hydrogens is 262 g/mol. The van der Waals surface area contributed by atoms with Gasteiger partial charge in [0.25, 0.3) is 0 Å². The van der Waals surface area contributed by atoms with Crippen LogP contribution < -0.4 is 0 Å². The Morgan fingerprint density at radius 3 is 2.45 bits per heavy atom. The molecule has 1 amide bonds. The topological polar surface area (TPSA) is 76.1 Å². The lowest BCUT2D eigenvalue weighted by Gasteiger charge is -2.29. The molecule has 1 aliphatic heterocycles. The van der Waals surface area contributed by atoms with Gasteiger partial charge in [-0.1, -0.05) is 32.1 Å². The van der Waals surface area contributed by atoms with Gasteiger partial charge in [-0.25, -0.2) is 9.59 Å². The first-order chi connectivity index (χ1) is 9.66. The Hall–Kier alpha value is -1.30. The van der Waals surface area contributed by atoms with E-state index < -0.39 is 18.2 Å². The van der Waals surface area contributed by atoms with Crippen molar-refractivity contribution in [3.8, 4) is 0 Å². The number of hydrogen-bond acceptors (Lipinski definition) is 4. The smallest absolute Gasteiger partial charge is 0.410 e. The van der Waals surface area contributed by atoms with Crippen LogP contribution in [-0.2, 0) is 14.3 Å². The van der Waals surface area contributed by atoms with Gasteiger partial charge in [0.2, 0.25) is 6.10 Å². The minimum Gasteiger partial charge on any atom is -0.479 e. The van der Waals surface area contributed by atoms with Crippen molar-refractivity contribution in [2.45, 2.75) is 44.6 Å². The third-order valence-electron chi connectivity index (χ3n) is 4.06. The van der Waals surface area contributed by atoms with E-state index in [4.69, 9.17) is 9.47 Å². The molecule has 2 aliphatic rings. The van der Waals surface area contributed by atoms with Gasteiger partial charge >= 0.3 is 12.1 Å². The van der Waals surface area contributed by atoms with Crippen molar-refractivity contribution in [1.29, 1.82) is 0 Å². The lowest BCUT2D eigenvalue weighted by Crippen LogP contribution is -2.43. The largest absolute Gasteiger partial charge is 0.479 e. The van der Waals surface area contributed by atoms with Gasteiger partial charge in [0.05, 0.1) is 13.2 Å². The highest BCUT2D eigenvalue weighted by Gasteiger charge is 2.29. The molecule has 114 valence electrons. The summed E-state index contributed by atoms with van der Waals surface area (Å²) >= 11 is 0. The number of hydrogen-bond donors (Lipinski definition) is 1. The van der Waals surface area contributed by atoms with Crippen molar-refractivity contribution < 1.29 is 24.2 Å². The van der Waals surface area contributed by atoms with Crippen LogP contribution >= 0.6 is 0 Å². The van der Waals surface area contributed by atoms with Crippen LogP contribution in [-0.4, -0.2) is 54.5 Å². The Balaban J connectivity index is 1.84. The molecule has 6 heteroatoms. The fourth-order valence-corrected chi connectivity index (χ4v) is 2.87. The number of rotatable bonds is 4. The number of carboxylic acids is 1. The number of carbonyl (C=O) groups is 2.